The van der Waals surface area contributed by atoms with E-state index in [1.54, 1.807) is 24.3 Å². The highest BCUT2D eigenvalue weighted by Gasteiger charge is 2.38. The van der Waals surface area contributed by atoms with E-state index in [0.29, 0.717) is 22.4 Å². The van der Waals surface area contributed by atoms with Gasteiger partial charge in [-0.2, -0.15) is 26.3 Å². The molecule has 8 bridgehead atoms. The fraction of sp³-hybridized carbons (Fsp3) is 0.0909. The van der Waals surface area contributed by atoms with Gasteiger partial charge in [0.25, 0.3) is 0 Å². The second-order valence-corrected chi connectivity index (χ2v) is 7.20. The number of aromatic amines is 2. The van der Waals surface area contributed by atoms with E-state index in [2.05, 4.69) is 19.9 Å². The number of nitrogens with zero attached hydrogens (tertiary/aromatic N) is 2. The van der Waals surface area contributed by atoms with E-state index in [4.69, 9.17) is 0 Å². The van der Waals surface area contributed by atoms with Gasteiger partial charge < -0.3 is 9.97 Å². The van der Waals surface area contributed by atoms with Crippen LogP contribution in [0, 0.1) is 0 Å². The minimum absolute atomic E-state index is 0.311. The van der Waals surface area contributed by atoms with E-state index >= 15 is 0 Å². The van der Waals surface area contributed by atoms with Crippen molar-refractivity contribution in [3.05, 3.63) is 70.3 Å². The van der Waals surface area contributed by atoms with Crippen LogP contribution < -0.4 is 0 Å². The molecule has 5 rings (SSSR count). The average Bonchev–Trinajstić information content (AvgIpc) is 3.44. The molecule has 0 saturated carbocycles. The molecule has 0 unspecified atom stereocenters. The van der Waals surface area contributed by atoms with E-state index in [0.717, 1.165) is 12.2 Å². The lowest BCUT2D eigenvalue weighted by Crippen LogP contribution is -2.09. The van der Waals surface area contributed by atoms with Crippen molar-refractivity contribution in [1.29, 1.82) is 0 Å². The van der Waals surface area contributed by atoms with Crippen molar-refractivity contribution in [3.8, 4) is 0 Å². The molecule has 0 fully saturated rings. The van der Waals surface area contributed by atoms with Gasteiger partial charge in [0.2, 0.25) is 0 Å². The molecule has 4 nitrogen and oxygen atoms in total. The third-order valence-electron chi connectivity index (χ3n) is 4.96. The number of fused-ring (bicyclic) bond motifs is 8. The van der Waals surface area contributed by atoms with Crippen molar-refractivity contribution in [2.24, 2.45) is 0 Å². The van der Waals surface area contributed by atoms with Gasteiger partial charge in [-0.25, -0.2) is 9.97 Å². The van der Waals surface area contributed by atoms with Crippen LogP contribution in [0.2, 0.25) is 0 Å². The molecule has 0 aromatic carbocycles. The predicted molar refractivity (Wildman–Crippen MR) is 109 cm³/mol. The van der Waals surface area contributed by atoms with Crippen LogP contribution in [0.5, 0.6) is 0 Å². The lowest BCUT2D eigenvalue weighted by molar-refractivity contribution is -0.137. The molecule has 2 aliphatic heterocycles. The molecule has 0 radical (unpaired) electrons. The summed E-state index contributed by atoms with van der Waals surface area (Å²) >= 11 is 0. The lowest BCUT2D eigenvalue weighted by Gasteiger charge is -2.08. The van der Waals surface area contributed by atoms with Crippen molar-refractivity contribution < 1.29 is 26.3 Å². The van der Waals surface area contributed by atoms with Crippen molar-refractivity contribution in [1.82, 2.24) is 19.9 Å². The van der Waals surface area contributed by atoms with E-state index < -0.39 is 34.9 Å². The van der Waals surface area contributed by atoms with Crippen LogP contribution in [-0.4, -0.2) is 19.9 Å². The van der Waals surface area contributed by atoms with Gasteiger partial charge in [-0.15, -0.1) is 0 Å². The van der Waals surface area contributed by atoms with Crippen LogP contribution in [0.25, 0.3) is 46.4 Å². The Morgan fingerprint density at radius 3 is 1.41 bits per heavy atom. The molecule has 0 saturated heterocycles. The molecule has 2 aliphatic rings. The van der Waals surface area contributed by atoms with Crippen molar-refractivity contribution >= 4 is 46.4 Å². The van der Waals surface area contributed by atoms with Crippen LogP contribution in [0.15, 0.2) is 36.4 Å². The van der Waals surface area contributed by atoms with Crippen LogP contribution in [0.4, 0.5) is 26.3 Å². The number of hydrogen-bond donors (Lipinski definition) is 2. The molecule has 10 heteroatoms. The molecule has 5 heterocycles. The third-order valence-corrected chi connectivity index (χ3v) is 4.96. The van der Waals surface area contributed by atoms with Gasteiger partial charge in [-0.1, -0.05) is 0 Å². The summed E-state index contributed by atoms with van der Waals surface area (Å²) in [6.45, 7) is 0. The monoisotopic (exact) mass is 446 g/mol. The molecule has 3 aromatic rings. The highest BCUT2D eigenvalue weighted by molar-refractivity contribution is 5.81. The maximum absolute atomic E-state index is 13.9. The standard InChI is InChI=1S/C22H12F6N4/c23-21(24,25)19-15-5-3-13(30-15)9-11-1-2-12(29-11)10-14-4-6-16(31-14)20(22(26,27)28)18-8-7-17(19)32-18/h1-10,30-31H. The molecule has 0 aliphatic carbocycles. The number of rotatable bonds is 0. The fourth-order valence-corrected chi connectivity index (χ4v) is 3.67. The zero-order valence-electron chi connectivity index (χ0n) is 15.9. The molecule has 2 N–H and O–H groups in total. The first-order chi connectivity index (χ1) is 15.1. The first kappa shape index (κ1) is 20.1. The second kappa shape index (κ2) is 6.84. The van der Waals surface area contributed by atoms with E-state index in [9.17, 15) is 26.3 Å². The van der Waals surface area contributed by atoms with Crippen LogP contribution >= 0.6 is 0 Å². The maximum Gasteiger partial charge on any atom is 0.420 e. The number of H-pyrrole nitrogens is 2. The van der Waals surface area contributed by atoms with Gasteiger partial charge in [-0.3, -0.25) is 0 Å². The molecule has 162 valence electrons. The Bertz CT molecular complexity index is 1350. The van der Waals surface area contributed by atoms with Crippen molar-refractivity contribution in [2.75, 3.05) is 0 Å². The molecule has 32 heavy (non-hydrogen) atoms. The molecule has 0 spiro atoms. The first-order valence-electron chi connectivity index (χ1n) is 9.33. The first-order valence-corrected chi connectivity index (χ1v) is 9.33. The number of hydrogen-bond acceptors (Lipinski definition) is 2. The minimum atomic E-state index is -4.86. The summed E-state index contributed by atoms with van der Waals surface area (Å²) in [4.78, 5) is 13.4. The van der Waals surface area contributed by atoms with E-state index in [-0.39, 0.29) is 11.0 Å². The van der Waals surface area contributed by atoms with Gasteiger partial charge in [-0.05, 0) is 60.7 Å². The molecule has 0 atom stereocenters. The highest BCUT2D eigenvalue weighted by Crippen LogP contribution is 2.39. The summed E-state index contributed by atoms with van der Waals surface area (Å²) in [5.41, 5.74) is -2.48. The van der Waals surface area contributed by atoms with Gasteiger partial charge in [0.05, 0.1) is 33.8 Å². The Kier molecular flexibility index (Phi) is 4.30. The average molecular weight is 446 g/mol. The van der Waals surface area contributed by atoms with Crippen LogP contribution in [0.1, 0.15) is 33.9 Å². The Labute approximate surface area is 176 Å². The summed E-state index contributed by atoms with van der Waals surface area (Å²) in [5.74, 6) is 0. The Morgan fingerprint density at radius 1 is 0.562 bits per heavy atom. The summed E-state index contributed by atoms with van der Waals surface area (Å²) in [6.07, 6.45) is -4.53. The second-order valence-electron chi connectivity index (χ2n) is 7.20. The Morgan fingerprint density at radius 2 is 1.00 bits per heavy atom. The molecule has 3 aromatic heterocycles. The van der Waals surface area contributed by atoms with E-state index in [1.807, 2.05) is 0 Å². The van der Waals surface area contributed by atoms with Crippen molar-refractivity contribution in [3.63, 3.8) is 0 Å². The van der Waals surface area contributed by atoms with Gasteiger partial charge in [0, 0.05) is 11.0 Å². The maximum atomic E-state index is 13.9. The predicted octanol–water partition coefficient (Wildman–Crippen LogP) is 6.69. The van der Waals surface area contributed by atoms with Crippen LogP contribution in [0.3, 0.4) is 0 Å². The normalized spacial score (nSPS) is 13.7. The molecular formula is C22H12F6N4. The van der Waals surface area contributed by atoms with Crippen molar-refractivity contribution in [2.45, 2.75) is 12.4 Å². The fourth-order valence-electron chi connectivity index (χ4n) is 3.67. The summed E-state index contributed by atoms with van der Waals surface area (Å²) < 4.78 is 83.4. The molecular weight excluding hydrogens is 434 g/mol. The number of alkyl halides is 6. The van der Waals surface area contributed by atoms with E-state index in [1.165, 1.54) is 24.3 Å². The SMILES string of the molecule is FC(F)(F)c1c2nc(c(C(F)(F)F)c3ccc(cc4nc(cc5ccc1[nH]5)C=C4)[nH]3)C=C2. The Balaban J connectivity index is 1.97. The summed E-state index contributed by atoms with van der Waals surface area (Å²) in [6, 6.07) is 8.43. The van der Waals surface area contributed by atoms with Gasteiger partial charge >= 0.3 is 12.4 Å². The quantitative estimate of drug-likeness (QED) is 0.260. The zero-order valence-corrected chi connectivity index (χ0v) is 15.9. The highest BCUT2D eigenvalue weighted by atomic mass is 19.4. The number of aromatic nitrogens is 4. The topological polar surface area (TPSA) is 57.4 Å². The number of nitrogens with one attached hydrogen (secondary N) is 2. The molecule has 0 amide bonds. The largest absolute Gasteiger partial charge is 0.420 e. The van der Waals surface area contributed by atoms with Gasteiger partial charge in [0.15, 0.2) is 0 Å². The van der Waals surface area contributed by atoms with Crippen LogP contribution in [-0.2, 0) is 12.4 Å². The summed E-state index contributed by atoms with van der Waals surface area (Å²) in [5, 5.41) is 0. The third kappa shape index (κ3) is 3.57. The zero-order chi connectivity index (χ0) is 22.7. The smallest absolute Gasteiger partial charge is 0.355 e. The van der Waals surface area contributed by atoms with Gasteiger partial charge in [0.1, 0.15) is 11.1 Å². The summed E-state index contributed by atoms with van der Waals surface area (Å²) in [7, 11) is 0. The Hall–Kier alpha value is -3.82. The minimum Gasteiger partial charge on any atom is -0.355 e. The number of halogens is 6. The lowest BCUT2D eigenvalue weighted by atomic mass is 10.2.